The highest BCUT2D eigenvalue weighted by atomic mass is 16.5. The Balaban J connectivity index is 1.77. The minimum absolute atomic E-state index is 0.0642. The van der Waals surface area contributed by atoms with Gasteiger partial charge in [0.1, 0.15) is 11.9 Å². The van der Waals surface area contributed by atoms with Crippen molar-refractivity contribution in [2.75, 3.05) is 0 Å². The zero-order valence-corrected chi connectivity index (χ0v) is 11.2. The molecule has 2 N–H and O–H groups in total. The van der Waals surface area contributed by atoms with Crippen LogP contribution in [0.15, 0.2) is 48.5 Å². The first-order valence-electron chi connectivity index (χ1n) is 6.84. The van der Waals surface area contributed by atoms with Gasteiger partial charge < -0.3 is 10.5 Å². The molecule has 2 nitrogen and oxygen atoms in total. The molecule has 0 heterocycles. The summed E-state index contributed by atoms with van der Waals surface area (Å²) in [6.07, 6.45) is 2.18. The van der Waals surface area contributed by atoms with Crippen molar-refractivity contribution < 1.29 is 4.74 Å². The van der Waals surface area contributed by atoms with Crippen molar-refractivity contribution in [2.24, 2.45) is 5.73 Å². The lowest BCUT2D eigenvalue weighted by Gasteiger charge is -2.16. The van der Waals surface area contributed by atoms with Crippen LogP contribution in [0.1, 0.15) is 42.2 Å². The molecule has 1 aliphatic rings. The van der Waals surface area contributed by atoms with E-state index in [1.165, 1.54) is 16.7 Å². The number of benzene rings is 2. The molecular formula is C17H19NO. The van der Waals surface area contributed by atoms with Gasteiger partial charge in [-0.15, -0.1) is 0 Å². The van der Waals surface area contributed by atoms with E-state index < -0.39 is 0 Å². The van der Waals surface area contributed by atoms with Gasteiger partial charge in [0.05, 0.1) is 0 Å². The van der Waals surface area contributed by atoms with Crippen LogP contribution in [0.5, 0.6) is 5.75 Å². The maximum absolute atomic E-state index is 6.05. The number of ether oxygens (including phenoxy) is 1. The first kappa shape index (κ1) is 12.2. The molecule has 0 saturated carbocycles. The summed E-state index contributed by atoms with van der Waals surface area (Å²) in [6, 6.07) is 16.8. The molecule has 2 aromatic carbocycles. The van der Waals surface area contributed by atoms with Crippen LogP contribution in [0.2, 0.25) is 0 Å². The number of nitrogens with two attached hydrogens (primary N) is 1. The fourth-order valence-electron chi connectivity index (χ4n) is 2.70. The summed E-state index contributed by atoms with van der Waals surface area (Å²) in [4.78, 5) is 0. The van der Waals surface area contributed by atoms with Gasteiger partial charge in [-0.1, -0.05) is 36.4 Å². The predicted octanol–water partition coefficient (Wildman–Crippen LogP) is 3.77. The van der Waals surface area contributed by atoms with Gasteiger partial charge in [-0.2, -0.15) is 0 Å². The predicted molar refractivity (Wildman–Crippen MR) is 77.2 cm³/mol. The highest BCUT2D eigenvalue weighted by molar-refractivity contribution is 5.40. The summed E-state index contributed by atoms with van der Waals surface area (Å²) in [6.45, 7) is 2.08. The third-order valence-corrected chi connectivity index (χ3v) is 3.82. The Hall–Kier alpha value is -1.80. The lowest BCUT2D eigenvalue weighted by molar-refractivity contribution is 0.227. The van der Waals surface area contributed by atoms with Gasteiger partial charge >= 0.3 is 0 Å². The average molecular weight is 253 g/mol. The van der Waals surface area contributed by atoms with Crippen LogP contribution in [0.3, 0.4) is 0 Å². The molecule has 19 heavy (non-hydrogen) atoms. The quantitative estimate of drug-likeness (QED) is 0.903. The fraction of sp³-hybridized carbons (Fsp3) is 0.294. The monoisotopic (exact) mass is 253 g/mol. The minimum atomic E-state index is 0.0642. The summed E-state index contributed by atoms with van der Waals surface area (Å²) >= 11 is 0. The normalized spacial score (nSPS) is 18.9. The van der Waals surface area contributed by atoms with Crippen LogP contribution in [0.25, 0.3) is 0 Å². The molecule has 1 unspecified atom stereocenters. The zero-order valence-electron chi connectivity index (χ0n) is 11.2. The summed E-state index contributed by atoms with van der Waals surface area (Å²) < 4.78 is 6.02. The van der Waals surface area contributed by atoms with Gasteiger partial charge in [-0.25, -0.2) is 0 Å². The second-order valence-electron chi connectivity index (χ2n) is 5.18. The van der Waals surface area contributed by atoms with E-state index in [4.69, 9.17) is 10.5 Å². The van der Waals surface area contributed by atoms with Crippen LogP contribution in [-0.2, 0) is 6.42 Å². The molecule has 0 bridgehead atoms. The van der Waals surface area contributed by atoms with Crippen molar-refractivity contribution in [3.05, 3.63) is 65.2 Å². The Bertz CT molecular complexity index is 565. The van der Waals surface area contributed by atoms with Crippen molar-refractivity contribution in [2.45, 2.75) is 31.9 Å². The SMILES string of the molecule is CC(Oc1ccc2c(c1)CC[C@@H]2N)c1ccccc1. The first-order chi connectivity index (χ1) is 9.24. The van der Waals surface area contributed by atoms with E-state index in [2.05, 4.69) is 31.2 Å². The lowest BCUT2D eigenvalue weighted by atomic mass is 10.1. The van der Waals surface area contributed by atoms with Crippen LogP contribution in [0.4, 0.5) is 0 Å². The van der Waals surface area contributed by atoms with Gasteiger partial charge in [0.15, 0.2) is 0 Å². The highest BCUT2D eigenvalue weighted by Gasteiger charge is 2.19. The van der Waals surface area contributed by atoms with E-state index in [1.54, 1.807) is 0 Å². The molecule has 0 fully saturated rings. The van der Waals surface area contributed by atoms with E-state index in [9.17, 15) is 0 Å². The molecule has 1 aliphatic carbocycles. The molecular weight excluding hydrogens is 234 g/mol. The third kappa shape index (κ3) is 2.49. The molecule has 3 rings (SSSR count). The van der Waals surface area contributed by atoms with E-state index in [-0.39, 0.29) is 12.1 Å². The molecule has 98 valence electrons. The summed E-state index contributed by atoms with van der Waals surface area (Å²) in [7, 11) is 0. The molecule has 0 amide bonds. The van der Waals surface area contributed by atoms with Crippen LogP contribution < -0.4 is 10.5 Å². The molecule has 2 aromatic rings. The van der Waals surface area contributed by atoms with Gasteiger partial charge in [0, 0.05) is 6.04 Å². The standard InChI is InChI=1S/C17H19NO/c1-12(13-5-3-2-4-6-13)19-15-8-9-16-14(11-15)7-10-17(16)18/h2-6,8-9,11-12,17H,7,10,18H2,1H3/t12?,17-/m0/s1. The summed E-state index contributed by atoms with van der Waals surface area (Å²) in [5.41, 5.74) is 9.86. The lowest BCUT2D eigenvalue weighted by Crippen LogP contribution is -2.06. The second kappa shape index (κ2) is 5.06. The zero-order chi connectivity index (χ0) is 13.2. The number of hydrogen-bond acceptors (Lipinski definition) is 2. The molecule has 2 heteroatoms. The van der Waals surface area contributed by atoms with Crippen molar-refractivity contribution >= 4 is 0 Å². The van der Waals surface area contributed by atoms with Crippen molar-refractivity contribution in [3.8, 4) is 5.75 Å². The van der Waals surface area contributed by atoms with E-state index in [1.807, 2.05) is 24.3 Å². The van der Waals surface area contributed by atoms with Crippen LogP contribution >= 0.6 is 0 Å². The number of hydrogen-bond donors (Lipinski definition) is 1. The summed E-state index contributed by atoms with van der Waals surface area (Å²) in [5, 5.41) is 0. The van der Waals surface area contributed by atoms with Crippen molar-refractivity contribution in [1.29, 1.82) is 0 Å². The van der Waals surface area contributed by atoms with E-state index >= 15 is 0 Å². The Morgan fingerprint density at radius 2 is 1.95 bits per heavy atom. The molecule has 0 aromatic heterocycles. The molecule has 2 atom stereocenters. The largest absolute Gasteiger partial charge is 0.486 e. The van der Waals surface area contributed by atoms with Gasteiger partial charge in [-0.3, -0.25) is 0 Å². The van der Waals surface area contributed by atoms with Gasteiger partial charge in [-0.05, 0) is 48.6 Å². The number of rotatable bonds is 3. The van der Waals surface area contributed by atoms with Crippen molar-refractivity contribution in [1.82, 2.24) is 0 Å². The maximum Gasteiger partial charge on any atom is 0.121 e. The Morgan fingerprint density at radius 1 is 1.16 bits per heavy atom. The molecule has 0 spiro atoms. The Kier molecular flexibility index (Phi) is 3.26. The highest BCUT2D eigenvalue weighted by Crippen LogP contribution is 2.33. The molecule has 0 saturated heterocycles. The average Bonchev–Trinajstić information content (AvgIpc) is 2.81. The van der Waals surface area contributed by atoms with E-state index in [0.717, 1.165) is 18.6 Å². The molecule has 0 radical (unpaired) electrons. The van der Waals surface area contributed by atoms with E-state index in [0.29, 0.717) is 0 Å². The van der Waals surface area contributed by atoms with Crippen LogP contribution in [0, 0.1) is 0 Å². The number of fused-ring (bicyclic) bond motifs is 1. The number of aryl methyl sites for hydroxylation is 1. The van der Waals surface area contributed by atoms with Crippen molar-refractivity contribution in [3.63, 3.8) is 0 Å². The molecule has 0 aliphatic heterocycles. The Labute approximate surface area is 114 Å². The summed E-state index contributed by atoms with van der Waals surface area (Å²) in [5.74, 6) is 0.934. The maximum atomic E-state index is 6.05. The second-order valence-corrected chi connectivity index (χ2v) is 5.18. The van der Waals surface area contributed by atoms with Gasteiger partial charge in [0.25, 0.3) is 0 Å². The van der Waals surface area contributed by atoms with Gasteiger partial charge in [0.2, 0.25) is 0 Å². The first-order valence-corrected chi connectivity index (χ1v) is 6.84. The van der Waals surface area contributed by atoms with Crippen LogP contribution in [-0.4, -0.2) is 0 Å². The minimum Gasteiger partial charge on any atom is -0.486 e. The topological polar surface area (TPSA) is 35.2 Å². The fourth-order valence-corrected chi connectivity index (χ4v) is 2.70. The Morgan fingerprint density at radius 3 is 2.74 bits per heavy atom. The third-order valence-electron chi connectivity index (χ3n) is 3.82. The smallest absolute Gasteiger partial charge is 0.121 e.